The van der Waals surface area contributed by atoms with Crippen LogP contribution in [0.15, 0.2) is 22.7 Å². The molecule has 34 heavy (non-hydrogen) atoms. The quantitative estimate of drug-likeness (QED) is 0.652. The number of nitrogens with one attached hydrogen (secondary N) is 1. The molecule has 1 aliphatic carbocycles. The van der Waals surface area contributed by atoms with Crippen LogP contribution in [0.3, 0.4) is 0 Å². The van der Waals surface area contributed by atoms with Gasteiger partial charge < -0.3 is 19.6 Å². The van der Waals surface area contributed by atoms with Gasteiger partial charge in [0.15, 0.2) is 5.82 Å². The van der Waals surface area contributed by atoms with Crippen LogP contribution in [-0.2, 0) is 21.5 Å². The Labute approximate surface area is 202 Å². The van der Waals surface area contributed by atoms with Gasteiger partial charge in [-0.15, -0.1) is 0 Å². The van der Waals surface area contributed by atoms with E-state index >= 15 is 0 Å². The first-order chi connectivity index (χ1) is 16.4. The Bertz CT molecular complexity index is 1000. The number of amides is 2. The minimum atomic E-state index is -0.557. The van der Waals surface area contributed by atoms with Crippen LogP contribution in [0.25, 0.3) is 0 Å². The van der Waals surface area contributed by atoms with Gasteiger partial charge in [-0.05, 0) is 43.9 Å². The molecule has 0 radical (unpaired) electrons. The molecule has 1 aromatic heterocycles. The van der Waals surface area contributed by atoms with Crippen molar-refractivity contribution in [1.29, 1.82) is 0 Å². The van der Waals surface area contributed by atoms with E-state index in [2.05, 4.69) is 52.4 Å². The largest absolute Gasteiger partial charge is 0.368 e. The SMILES string of the molecule is CC(=O)NC1(c2noc(CCC(=O)N3CCN(c4cccc(C)c4C)CC3)n2)CCCCCC1. The van der Waals surface area contributed by atoms with Crippen molar-refractivity contribution in [3.63, 3.8) is 0 Å². The first kappa shape index (κ1) is 24.2. The lowest BCUT2D eigenvalue weighted by Gasteiger charge is -2.37. The van der Waals surface area contributed by atoms with Crippen LogP contribution in [0.1, 0.15) is 74.7 Å². The van der Waals surface area contributed by atoms with Crippen molar-refractivity contribution in [2.75, 3.05) is 31.1 Å². The summed E-state index contributed by atoms with van der Waals surface area (Å²) in [7, 11) is 0. The van der Waals surface area contributed by atoms with Crippen LogP contribution in [0.2, 0.25) is 0 Å². The topological polar surface area (TPSA) is 91.6 Å². The Morgan fingerprint density at radius 2 is 1.76 bits per heavy atom. The van der Waals surface area contributed by atoms with E-state index in [1.54, 1.807) is 0 Å². The molecule has 0 spiro atoms. The number of carbonyl (C=O) groups excluding carboxylic acids is 2. The van der Waals surface area contributed by atoms with Gasteiger partial charge in [0.1, 0.15) is 5.54 Å². The normalized spacial score (nSPS) is 18.4. The fraction of sp³-hybridized carbons (Fsp3) is 0.615. The Kier molecular flexibility index (Phi) is 7.54. The highest BCUT2D eigenvalue weighted by Crippen LogP contribution is 2.34. The number of anilines is 1. The van der Waals surface area contributed by atoms with E-state index in [0.29, 0.717) is 37.6 Å². The standard InChI is InChI=1S/C26H37N5O3/c1-19-9-8-10-22(20(19)2)30-15-17-31(18-16-30)24(33)12-11-23-27-25(29-34-23)26(28-21(3)32)13-6-4-5-7-14-26/h8-10H,4-7,11-18H2,1-3H3,(H,28,32). The fourth-order valence-electron chi connectivity index (χ4n) is 5.27. The van der Waals surface area contributed by atoms with Crippen molar-refractivity contribution in [3.8, 4) is 0 Å². The molecule has 2 aromatic rings. The number of aromatic nitrogens is 2. The van der Waals surface area contributed by atoms with Gasteiger partial charge in [-0.2, -0.15) is 4.98 Å². The van der Waals surface area contributed by atoms with Crippen molar-refractivity contribution >= 4 is 17.5 Å². The molecule has 2 amide bonds. The monoisotopic (exact) mass is 467 g/mol. The molecule has 0 atom stereocenters. The maximum Gasteiger partial charge on any atom is 0.227 e. The van der Waals surface area contributed by atoms with Crippen molar-refractivity contribution < 1.29 is 14.1 Å². The maximum atomic E-state index is 12.9. The Morgan fingerprint density at radius 3 is 2.44 bits per heavy atom. The predicted molar refractivity (Wildman–Crippen MR) is 131 cm³/mol. The molecule has 1 aromatic carbocycles. The zero-order valence-electron chi connectivity index (χ0n) is 20.7. The summed E-state index contributed by atoms with van der Waals surface area (Å²) in [5.74, 6) is 1.05. The highest BCUT2D eigenvalue weighted by Gasteiger charge is 2.38. The number of carbonyl (C=O) groups is 2. The number of nitrogens with zero attached hydrogens (tertiary/aromatic N) is 4. The van der Waals surface area contributed by atoms with Gasteiger partial charge in [-0.1, -0.05) is 43.0 Å². The van der Waals surface area contributed by atoms with Gasteiger partial charge in [-0.3, -0.25) is 9.59 Å². The molecule has 0 bridgehead atoms. The third kappa shape index (κ3) is 5.42. The number of rotatable bonds is 6. The second kappa shape index (κ2) is 10.6. The van der Waals surface area contributed by atoms with Crippen LogP contribution in [0.4, 0.5) is 5.69 Å². The van der Waals surface area contributed by atoms with Crippen molar-refractivity contribution in [2.24, 2.45) is 0 Å². The van der Waals surface area contributed by atoms with E-state index in [0.717, 1.165) is 51.6 Å². The highest BCUT2D eigenvalue weighted by molar-refractivity contribution is 5.76. The minimum absolute atomic E-state index is 0.0802. The third-order valence-corrected chi connectivity index (χ3v) is 7.37. The summed E-state index contributed by atoms with van der Waals surface area (Å²) >= 11 is 0. The lowest BCUT2D eigenvalue weighted by molar-refractivity contribution is -0.131. The van der Waals surface area contributed by atoms with Gasteiger partial charge in [0.25, 0.3) is 0 Å². The number of benzene rings is 1. The summed E-state index contributed by atoms with van der Waals surface area (Å²) in [5, 5.41) is 7.33. The molecule has 2 fully saturated rings. The molecule has 0 unspecified atom stereocenters. The van der Waals surface area contributed by atoms with E-state index < -0.39 is 5.54 Å². The van der Waals surface area contributed by atoms with Crippen LogP contribution >= 0.6 is 0 Å². The molecule has 8 heteroatoms. The number of aryl methyl sites for hydroxylation is 2. The van der Waals surface area contributed by atoms with Crippen molar-refractivity contribution in [1.82, 2.24) is 20.4 Å². The summed E-state index contributed by atoms with van der Waals surface area (Å²) in [5.41, 5.74) is 3.30. The number of hydrogen-bond donors (Lipinski definition) is 1. The lowest BCUT2D eigenvalue weighted by atomic mass is 9.89. The maximum absolute atomic E-state index is 12.9. The minimum Gasteiger partial charge on any atom is -0.368 e. The van der Waals surface area contributed by atoms with E-state index in [1.165, 1.54) is 23.7 Å². The first-order valence-corrected chi connectivity index (χ1v) is 12.6. The summed E-state index contributed by atoms with van der Waals surface area (Å²) in [6, 6.07) is 6.39. The van der Waals surface area contributed by atoms with Crippen molar-refractivity contribution in [3.05, 3.63) is 41.0 Å². The second-order valence-electron chi connectivity index (χ2n) is 9.78. The zero-order chi connectivity index (χ0) is 24.1. The molecular weight excluding hydrogens is 430 g/mol. The van der Waals surface area contributed by atoms with Gasteiger partial charge in [-0.25, -0.2) is 0 Å². The van der Waals surface area contributed by atoms with Crippen LogP contribution < -0.4 is 10.2 Å². The Morgan fingerprint density at radius 1 is 1.06 bits per heavy atom. The fourth-order valence-corrected chi connectivity index (χ4v) is 5.27. The Balaban J connectivity index is 1.32. The molecule has 8 nitrogen and oxygen atoms in total. The lowest BCUT2D eigenvalue weighted by Crippen LogP contribution is -2.49. The van der Waals surface area contributed by atoms with E-state index in [4.69, 9.17) is 4.52 Å². The molecule has 184 valence electrons. The smallest absolute Gasteiger partial charge is 0.227 e. The number of hydrogen-bond acceptors (Lipinski definition) is 6. The van der Waals surface area contributed by atoms with Crippen LogP contribution in [0.5, 0.6) is 0 Å². The molecule has 1 saturated heterocycles. The molecule has 1 aliphatic heterocycles. The third-order valence-electron chi connectivity index (χ3n) is 7.37. The van der Waals surface area contributed by atoms with Crippen LogP contribution in [0, 0.1) is 13.8 Å². The second-order valence-corrected chi connectivity index (χ2v) is 9.78. The average molecular weight is 468 g/mol. The molecule has 2 heterocycles. The Hall–Kier alpha value is -2.90. The molecular formula is C26H37N5O3. The van der Waals surface area contributed by atoms with E-state index in [1.807, 2.05) is 4.90 Å². The molecule has 1 N–H and O–H groups in total. The molecule has 4 rings (SSSR count). The van der Waals surface area contributed by atoms with Gasteiger partial charge in [0.05, 0.1) is 0 Å². The van der Waals surface area contributed by atoms with Gasteiger partial charge in [0, 0.05) is 51.6 Å². The van der Waals surface area contributed by atoms with E-state index in [9.17, 15) is 9.59 Å². The van der Waals surface area contributed by atoms with Gasteiger partial charge >= 0.3 is 0 Å². The number of piperazine rings is 1. The summed E-state index contributed by atoms with van der Waals surface area (Å²) in [6.07, 6.45) is 6.74. The average Bonchev–Trinajstić information content (AvgIpc) is 3.19. The first-order valence-electron chi connectivity index (χ1n) is 12.6. The van der Waals surface area contributed by atoms with Crippen LogP contribution in [-0.4, -0.2) is 53.0 Å². The molecule has 2 aliphatic rings. The molecule has 1 saturated carbocycles. The van der Waals surface area contributed by atoms with Crippen molar-refractivity contribution in [2.45, 2.75) is 77.7 Å². The van der Waals surface area contributed by atoms with E-state index in [-0.39, 0.29) is 11.8 Å². The van der Waals surface area contributed by atoms with Gasteiger partial charge in [0.2, 0.25) is 17.7 Å². The summed E-state index contributed by atoms with van der Waals surface area (Å²) in [4.78, 5) is 33.7. The highest BCUT2D eigenvalue weighted by atomic mass is 16.5. The summed E-state index contributed by atoms with van der Waals surface area (Å²) in [6.45, 7) is 8.92. The predicted octanol–water partition coefficient (Wildman–Crippen LogP) is 3.65. The zero-order valence-corrected chi connectivity index (χ0v) is 20.7. The summed E-state index contributed by atoms with van der Waals surface area (Å²) < 4.78 is 5.51.